The van der Waals surface area contributed by atoms with Gasteiger partial charge in [-0.3, -0.25) is 0 Å². The van der Waals surface area contributed by atoms with Gasteiger partial charge in [-0.25, -0.2) is 4.79 Å². The molecule has 0 heterocycles. The van der Waals surface area contributed by atoms with Crippen LogP contribution < -0.4 is 0 Å². The lowest BCUT2D eigenvalue weighted by molar-refractivity contribution is -0.137. The fraction of sp³-hybridized carbons (Fsp3) is 0.571. The Kier molecular flexibility index (Phi) is 7.51. The van der Waals surface area contributed by atoms with Gasteiger partial charge in [0.25, 0.3) is 0 Å². The topological polar surface area (TPSA) is 46.5 Å². The van der Waals surface area contributed by atoms with E-state index in [1.54, 1.807) is 0 Å². The van der Waals surface area contributed by atoms with Gasteiger partial charge < -0.3 is 9.84 Å². The fourth-order valence-corrected chi connectivity index (χ4v) is 3.80. The Hall–Kier alpha value is -1.61. The summed E-state index contributed by atoms with van der Waals surface area (Å²) in [6.45, 7) is 6.01. The summed E-state index contributed by atoms with van der Waals surface area (Å²) in [5.74, 6) is 1.13. The van der Waals surface area contributed by atoms with Gasteiger partial charge in [0.2, 0.25) is 0 Å². The van der Waals surface area contributed by atoms with Crippen molar-refractivity contribution in [2.45, 2.75) is 64.4 Å². The molecule has 1 aromatic carbocycles. The summed E-state index contributed by atoms with van der Waals surface area (Å²) < 4.78 is 5.08. The molecule has 3 nitrogen and oxygen atoms in total. The number of aliphatic hydroxyl groups is 1. The third-order valence-electron chi connectivity index (χ3n) is 5.20. The molecule has 0 bridgehead atoms. The minimum absolute atomic E-state index is 0.0221. The summed E-state index contributed by atoms with van der Waals surface area (Å²) in [7, 11) is 0. The van der Waals surface area contributed by atoms with Gasteiger partial charge in [-0.05, 0) is 54.2 Å². The van der Waals surface area contributed by atoms with Crippen LogP contribution in [0.2, 0.25) is 0 Å². The zero-order chi connectivity index (χ0) is 17.4. The SMILES string of the molecule is C=CC(=O)OCCc1cc(C2CCC(CCC)CC2)ccc1CO. The molecule has 1 aliphatic rings. The molecule has 0 unspecified atom stereocenters. The zero-order valence-electron chi connectivity index (χ0n) is 14.8. The van der Waals surface area contributed by atoms with Crippen molar-refractivity contribution in [3.8, 4) is 0 Å². The average molecular weight is 330 g/mol. The van der Waals surface area contributed by atoms with Crippen LogP contribution in [0.25, 0.3) is 0 Å². The van der Waals surface area contributed by atoms with Crippen LogP contribution in [0, 0.1) is 5.92 Å². The minimum atomic E-state index is -0.397. The summed E-state index contributed by atoms with van der Waals surface area (Å²) in [4.78, 5) is 11.2. The first-order valence-corrected chi connectivity index (χ1v) is 9.19. The van der Waals surface area contributed by atoms with E-state index in [0.717, 1.165) is 17.0 Å². The Bertz CT molecular complexity index is 542. The monoisotopic (exact) mass is 330 g/mol. The Balaban J connectivity index is 2.00. The number of rotatable bonds is 8. The first-order chi connectivity index (χ1) is 11.7. The summed E-state index contributed by atoms with van der Waals surface area (Å²) in [6, 6.07) is 6.39. The van der Waals surface area contributed by atoms with Crippen molar-refractivity contribution in [3.05, 3.63) is 47.5 Å². The molecule has 1 N–H and O–H groups in total. The van der Waals surface area contributed by atoms with Crippen LogP contribution in [0.4, 0.5) is 0 Å². The lowest BCUT2D eigenvalue weighted by Crippen LogP contribution is -2.14. The molecule has 132 valence electrons. The number of carbonyl (C=O) groups excluding carboxylic acids is 1. The van der Waals surface area contributed by atoms with E-state index in [4.69, 9.17) is 4.74 Å². The van der Waals surface area contributed by atoms with Gasteiger partial charge in [-0.15, -0.1) is 0 Å². The maximum absolute atomic E-state index is 11.2. The van der Waals surface area contributed by atoms with E-state index in [9.17, 15) is 9.90 Å². The maximum atomic E-state index is 11.2. The number of hydrogen-bond donors (Lipinski definition) is 1. The van der Waals surface area contributed by atoms with E-state index < -0.39 is 5.97 Å². The van der Waals surface area contributed by atoms with Crippen LogP contribution in [0.5, 0.6) is 0 Å². The van der Waals surface area contributed by atoms with Gasteiger partial charge in [0.1, 0.15) is 0 Å². The van der Waals surface area contributed by atoms with E-state index in [2.05, 4.69) is 25.6 Å². The number of ether oxygens (including phenoxy) is 1. The third kappa shape index (κ3) is 5.20. The quantitative estimate of drug-likeness (QED) is 0.563. The second kappa shape index (κ2) is 9.63. The van der Waals surface area contributed by atoms with Gasteiger partial charge >= 0.3 is 5.97 Å². The molecular weight excluding hydrogens is 300 g/mol. The summed E-state index contributed by atoms with van der Waals surface area (Å²) in [5, 5.41) is 9.54. The normalized spacial score (nSPS) is 20.6. The molecule has 2 rings (SSSR count). The molecule has 1 saturated carbocycles. The lowest BCUT2D eigenvalue weighted by Gasteiger charge is -2.29. The lowest BCUT2D eigenvalue weighted by atomic mass is 9.77. The molecule has 1 aliphatic carbocycles. The van der Waals surface area contributed by atoms with Crippen molar-refractivity contribution in [1.82, 2.24) is 0 Å². The van der Waals surface area contributed by atoms with E-state index in [0.29, 0.717) is 18.9 Å². The molecule has 1 fully saturated rings. The predicted octanol–water partition coefficient (Wildman–Crippen LogP) is 4.52. The van der Waals surface area contributed by atoms with E-state index in [1.165, 1.54) is 50.2 Å². The summed E-state index contributed by atoms with van der Waals surface area (Å²) in [6.07, 6.45) is 9.62. The maximum Gasteiger partial charge on any atom is 0.330 e. The zero-order valence-corrected chi connectivity index (χ0v) is 14.8. The number of carbonyl (C=O) groups is 1. The predicted molar refractivity (Wildman–Crippen MR) is 96.8 cm³/mol. The van der Waals surface area contributed by atoms with Gasteiger partial charge in [-0.2, -0.15) is 0 Å². The minimum Gasteiger partial charge on any atom is -0.462 e. The Labute approximate surface area is 145 Å². The standard InChI is InChI=1S/C21H30O3/c1-3-5-16-6-8-17(9-7-16)18-10-11-20(15-22)19(14-18)12-13-24-21(23)4-2/h4,10-11,14,16-17,22H,2-3,5-9,12-13,15H2,1H3. The van der Waals surface area contributed by atoms with Crippen molar-refractivity contribution < 1.29 is 14.6 Å². The van der Waals surface area contributed by atoms with Gasteiger partial charge in [0, 0.05) is 12.5 Å². The van der Waals surface area contributed by atoms with Gasteiger partial charge in [0.15, 0.2) is 0 Å². The van der Waals surface area contributed by atoms with E-state index in [1.807, 2.05) is 6.07 Å². The number of esters is 1. The number of aliphatic hydroxyl groups excluding tert-OH is 1. The number of benzene rings is 1. The van der Waals surface area contributed by atoms with Crippen molar-refractivity contribution in [1.29, 1.82) is 0 Å². The van der Waals surface area contributed by atoms with Crippen molar-refractivity contribution >= 4 is 5.97 Å². The molecule has 0 radical (unpaired) electrons. The molecule has 0 spiro atoms. The van der Waals surface area contributed by atoms with Crippen LogP contribution in [0.15, 0.2) is 30.9 Å². The molecule has 0 aliphatic heterocycles. The van der Waals surface area contributed by atoms with Crippen LogP contribution in [-0.4, -0.2) is 17.7 Å². The number of hydrogen-bond acceptors (Lipinski definition) is 3. The Morgan fingerprint density at radius 2 is 2.04 bits per heavy atom. The van der Waals surface area contributed by atoms with Crippen LogP contribution >= 0.6 is 0 Å². The highest BCUT2D eigenvalue weighted by Gasteiger charge is 2.22. The van der Waals surface area contributed by atoms with Crippen LogP contribution in [0.1, 0.15) is 68.1 Å². The van der Waals surface area contributed by atoms with E-state index in [-0.39, 0.29) is 6.61 Å². The molecule has 1 aromatic rings. The second-order valence-electron chi connectivity index (χ2n) is 6.81. The van der Waals surface area contributed by atoms with Crippen molar-refractivity contribution in [2.24, 2.45) is 5.92 Å². The van der Waals surface area contributed by atoms with Crippen molar-refractivity contribution in [2.75, 3.05) is 6.61 Å². The van der Waals surface area contributed by atoms with Gasteiger partial charge in [0.05, 0.1) is 13.2 Å². The molecule has 24 heavy (non-hydrogen) atoms. The average Bonchev–Trinajstić information content (AvgIpc) is 2.62. The highest BCUT2D eigenvalue weighted by atomic mass is 16.5. The van der Waals surface area contributed by atoms with E-state index >= 15 is 0 Å². The summed E-state index contributed by atoms with van der Waals surface area (Å²) >= 11 is 0. The fourth-order valence-electron chi connectivity index (χ4n) is 3.80. The van der Waals surface area contributed by atoms with Gasteiger partial charge in [-0.1, -0.05) is 44.5 Å². The van der Waals surface area contributed by atoms with Crippen molar-refractivity contribution in [3.63, 3.8) is 0 Å². The molecule has 0 aromatic heterocycles. The first kappa shape index (κ1) is 18.7. The molecule has 0 saturated heterocycles. The largest absolute Gasteiger partial charge is 0.462 e. The summed E-state index contributed by atoms with van der Waals surface area (Å²) in [5.41, 5.74) is 3.38. The second-order valence-corrected chi connectivity index (χ2v) is 6.81. The highest BCUT2D eigenvalue weighted by molar-refractivity contribution is 5.81. The smallest absolute Gasteiger partial charge is 0.330 e. The molecule has 0 atom stereocenters. The molecule has 0 amide bonds. The third-order valence-corrected chi connectivity index (χ3v) is 5.20. The molecular formula is C21H30O3. The Morgan fingerprint density at radius 1 is 1.29 bits per heavy atom. The Morgan fingerprint density at radius 3 is 2.67 bits per heavy atom. The van der Waals surface area contributed by atoms with Crippen LogP contribution in [-0.2, 0) is 22.6 Å². The van der Waals surface area contributed by atoms with Crippen LogP contribution in [0.3, 0.4) is 0 Å². The molecule has 3 heteroatoms. The first-order valence-electron chi connectivity index (χ1n) is 9.19. The highest BCUT2D eigenvalue weighted by Crippen LogP contribution is 2.38.